The van der Waals surface area contributed by atoms with Crippen molar-refractivity contribution in [3.8, 4) is 0 Å². The minimum atomic E-state index is -0.322. The number of fused-ring (bicyclic) bond motifs is 1. The van der Waals surface area contributed by atoms with Crippen LogP contribution in [0.1, 0.15) is 41.1 Å². The zero-order chi connectivity index (χ0) is 16.8. The summed E-state index contributed by atoms with van der Waals surface area (Å²) in [6, 6.07) is 3.90. The van der Waals surface area contributed by atoms with Gasteiger partial charge < -0.3 is 9.32 Å². The first-order valence-corrected chi connectivity index (χ1v) is 9.10. The van der Waals surface area contributed by atoms with Crippen LogP contribution in [0.25, 0.3) is 0 Å². The fourth-order valence-electron chi connectivity index (χ4n) is 3.07. The van der Waals surface area contributed by atoms with E-state index in [1.807, 2.05) is 12.1 Å². The Bertz CT molecular complexity index is 857. The molecule has 2 aliphatic rings. The van der Waals surface area contributed by atoms with Gasteiger partial charge in [0.15, 0.2) is 5.16 Å². The third-order valence-electron chi connectivity index (χ3n) is 4.68. The zero-order valence-electron chi connectivity index (χ0n) is 13.7. The van der Waals surface area contributed by atoms with E-state index < -0.39 is 0 Å². The SMILES string of the molecule is CC1CC1c1ccc(CN(C)C(=O)c2cnc3n(c2=O)CCS3)o1. The molecule has 0 bridgehead atoms. The summed E-state index contributed by atoms with van der Waals surface area (Å²) in [5.74, 6) is 3.43. The van der Waals surface area contributed by atoms with E-state index in [0.29, 0.717) is 30.1 Å². The van der Waals surface area contributed by atoms with E-state index in [1.54, 1.807) is 11.6 Å². The molecule has 1 fully saturated rings. The molecule has 1 aliphatic heterocycles. The Kier molecular flexibility index (Phi) is 3.75. The highest BCUT2D eigenvalue weighted by molar-refractivity contribution is 7.99. The number of amides is 1. The second-order valence-corrected chi connectivity index (χ2v) is 7.61. The smallest absolute Gasteiger partial charge is 0.267 e. The third-order valence-corrected chi connectivity index (χ3v) is 5.65. The van der Waals surface area contributed by atoms with Crippen molar-refractivity contribution in [3.63, 3.8) is 0 Å². The van der Waals surface area contributed by atoms with E-state index in [1.165, 1.54) is 22.9 Å². The first-order chi connectivity index (χ1) is 11.5. The van der Waals surface area contributed by atoms with Crippen LogP contribution < -0.4 is 5.56 Å². The third kappa shape index (κ3) is 2.66. The Morgan fingerprint density at radius 2 is 2.29 bits per heavy atom. The number of carbonyl (C=O) groups excluding carboxylic acids is 1. The number of rotatable bonds is 4. The van der Waals surface area contributed by atoms with E-state index in [4.69, 9.17) is 4.42 Å². The van der Waals surface area contributed by atoms with Crippen LogP contribution in [0.2, 0.25) is 0 Å². The Balaban J connectivity index is 1.50. The zero-order valence-corrected chi connectivity index (χ0v) is 14.5. The molecular formula is C17H19N3O3S. The van der Waals surface area contributed by atoms with Crippen molar-refractivity contribution >= 4 is 17.7 Å². The molecule has 4 rings (SSSR count). The number of carbonyl (C=O) groups is 1. The number of hydrogen-bond donors (Lipinski definition) is 0. The van der Waals surface area contributed by atoms with Crippen molar-refractivity contribution in [1.29, 1.82) is 0 Å². The van der Waals surface area contributed by atoms with Gasteiger partial charge in [-0.1, -0.05) is 18.7 Å². The molecule has 0 spiro atoms. The van der Waals surface area contributed by atoms with Gasteiger partial charge >= 0.3 is 0 Å². The van der Waals surface area contributed by atoms with Crippen LogP contribution in [0.4, 0.5) is 0 Å². The average Bonchev–Trinajstić information content (AvgIpc) is 2.97. The lowest BCUT2D eigenvalue weighted by Crippen LogP contribution is -2.34. The summed E-state index contributed by atoms with van der Waals surface area (Å²) in [6.45, 7) is 3.16. The Labute approximate surface area is 143 Å². The molecule has 1 saturated carbocycles. The average molecular weight is 345 g/mol. The number of nitrogens with zero attached hydrogens (tertiary/aromatic N) is 3. The molecule has 0 N–H and O–H groups in total. The molecule has 6 nitrogen and oxygen atoms in total. The lowest BCUT2D eigenvalue weighted by molar-refractivity contribution is 0.0771. The summed E-state index contributed by atoms with van der Waals surface area (Å²) < 4.78 is 7.42. The van der Waals surface area contributed by atoms with Gasteiger partial charge in [0.25, 0.3) is 11.5 Å². The minimum absolute atomic E-state index is 0.117. The minimum Gasteiger partial charge on any atom is -0.464 e. The van der Waals surface area contributed by atoms with Crippen LogP contribution in [-0.4, -0.2) is 33.2 Å². The number of thioether (sulfide) groups is 1. The van der Waals surface area contributed by atoms with Crippen LogP contribution in [0, 0.1) is 5.92 Å². The maximum atomic E-state index is 12.6. The standard InChI is InChI=1S/C17H19N3O3S/c1-10-7-12(10)14-4-3-11(23-14)9-19(2)15(21)13-8-18-17-20(16(13)22)5-6-24-17/h3-4,8,10,12H,5-7,9H2,1-2H3. The number of hydrogen-bond acceptors (Lipinski definition) is 5. The second kappa shape index (κ2) is 5.81. The monoisotopic (exact) mass is 345 g/mol. The molecule has 2 unspecified atom stereocenters. The molecule has 24 heavy (non-hydrogen) atoms. The van der Waals surface area contributed by atoms with Crippen LogP contribution in [0.15, 0.2) is 32.7 Å². The Morgan fingerprint density at radius 3 is 3.04 bits per heavy atom. The lowest BCUT2D eigenvalue weighted by atomic mass is 10.2. The molecule has 7 heteroatoms. The van der Waals surface area contributed by atoms with E-state index in [9.17, 15) is 9.59 Å². The topological polar surface area (TPSA) is 68.3 Å². The molecule has 1 amide bonds. The van der Waals surface area contributed by atoms with Crippen LogP contribution in [0.3, 0.4) is 0 Å². The summed E-state index contributed by atoms with van der Waals surface area (Å²) in [6.07, 6.45) is 2.56. The largest absolute Gasteiger partial charge is 0.464 e. The molecule has 3 heterocycles. The van der Waals surface area contributed by atoms with E-state index in [-0.39, 0.29) is 17.0 Å². The molecule has 0 radical (unpaired) electrons. The van der Waals surface area contributed by atoms with Crippen molar-refractivity contribution in [2.45, 2.75) is 37.5 Å². The molecule has 0 saturated heterocycles. The van der Waals surface area contributed by atoms with Gasteiger partial charge in [-0.15, -0.1) is 0 Å². The summed E-state index contributed by atoms with van der Waals surface area (Å²) in [4.78, 5) is 30.8. The van der Waals surface area contributed by atoms with Gasteiger partial charge in [0.05, 0.1) is 6.54 Å². The molecule has 2 atom stereocenters. The maximum absolute atomic E-state index is 12.6. The van der Waals surface area contributed by atoms with E-state index in [0.717, 1.165) is 23.7 Å². The quantitative estimate of drug-likeness (QED) is 0.796. The van der Waals surface area contributed by atoms with Crippen LogP contribution in [-0.2, 0) is 13.1 Å². The summed E-state index contributed by atoms with van der Waals surface area (Å²) in [7, 11) is 1.68. The molecule has 2 aromatic heterocycles. The summed E-state index contributed by atoms with van der Waals surface area (Å²) in [5.41, 5.74) is -0.139. The Hall–Kier alpha value is -2.02. The van der Waals surface area contributed by atoms with Crippen molar-refractivity contribution < 1.29 is 9.21 Å². The van der Waals surface area contributed by atoms with Gasteiger partial charge in [0, 0.05) is 31.5 Å². The molecule has 0 aromatic carbocycles. The van der Waals surface area contributed by atoms with Gasteiger partial charge in [0.2, 0.25) is 0 Å². The molecule has 126 valence electrons. The highest BCUT2D eigenvalue weighted by atomic mass is 32.2. The fourth-order valence-corrected chi connectivity index (χ4v) is 3.99. The van der Waals surface area contributed by atoms with Gasteiger partial charge in [-0.05, 0) is 24.5 Å². The van der Waals surface area contributed by atoms with Gasteiger partial charge in [-0.25, -0.2) is 4.98 Å². The molecule has 2 aromatic rings. The number of furan rings is 1. The second-order valence-electron chi connectivity index (χ2n) is 6.54. The Morgan fingerprint density at radius 1 is 1.50 bits per heavy atom. The predicted molar refractivity (Wildman–Crippen MR) is 90.2 cm³/mol. The van der Waals surface area contributed by atoms with Crippen molar-refractivity contribution in [2.75, 3.05) is 12.8 Å². The highest BCUT2D eigenvalue weighted by Gasteiger charge is 2.36. The van der Waals surface area contributed by atoms with Crippen LogP contribution >= 0.6 is 11.8 Å². The van der Waals surface area contributed by atoms with E-state index >= 15 is 0 Å². The van der Waals surface area contributed by atoms with Crippen LogP contribution in [0.5, 0.6) is 0 Å². The predicted octanol–water partition coefficient (Wildman–Crippen LogP) is 2.34. The van der Waals surface area contributed by atoms with E-state index in [2.05, 4.69) is 11.9 Å². The lowest BCUT2D eigenvalue weighted by Gasteiger charge is -2.15. The van der Waals surface area contributed by atoms with Crippen molar-refractivity contribution in [1.82, 2.24) is 14.5 Å². The fraction of sp³-hybridized carbons (Fsp3) is 0.471. The van der Waals surface area contributed by atoms with Gasteiger partial charge in [-0.3, -0.25) is 14.2 Å². The molecule has 1 aliphatic carbocycles. The van der Waals surface area contributed by atoms with Crippen molar-refractivity contribution in [2.24, 2.45) is 5.92 Å². The van der Waals surface area contributed by atoms with Crippen molar-refractivity contribution in [3.05, 3.63) is 45.8 Å². The number of aromatic nitrogens is 2. The maximum Gasteiger partial charge on any atom is 0.267 e. The van der Waals surface area contributed by atoms with Gasteiger partial charge in [-0.2, -0.15) is 0 Å². The summed E-state index contributed by atoms with van der Waals surface area (Å²) >= 11 is 1.54. The van der Waals surface area contributed by atoms with Gasteiger partial charge in [0.1, 0.15) is 17.1 Å². The summed E-state index contributed by atoms with van der Waals surface area (Å²) in [5, 5.41) is 0.688. The first kappa shape index (κ1) is 15.5. The molecular weight excluding hydrogens is 326 g/mol. The highest BCUT2D eigenvalue weighted by Crippen LogP contribution is 2.47. The normalized spacial score (nSPS) is 21.6. The first-order valence-electron chi connectivity index (χ1n) is 8.11.